The molecule has 0 radical (unpaired) electrons. The lowest BCUT2D eigenvalue weighted by molar-refractivity contribution is 0.803. The normalized spacial score (nSPS) is 9.54. The number of nitrogens with zero attached hydrogens (tertiary/aromatic N) is 9. The van der Waals surface area contributed by atoms with Crippen LogP contribution in [0.4, 0.5) is 11.5 Å². The molecule has 0 aliphatic heterocycles. The Hall–Kier alpha value is -12.5. The van der Waals surface area contributed by atoms with Crippen LogP contribution in [0, 0.1) is 6.92 Å². The first-order valence-electron chi connectivity index (χ1n) is 44.9. The zero-order valence-corrected chi connectivity index (χ0v) is 78.1. The van der Waals surface area contributed by atoms with Gasteiger partial charge in [-0.05, 0) is 83.9 Å². The van der Waals surface area contributed by atoms with E-state index in [0.717, 1.165) is 89.8 Å². The zero-order valence-electron chi connectivity index (χ0n) is 78.1. The van der Waals surface area contributed by atoms with E-state index in [9.17, 15) is 0 Å². The molecule has 0 saturated heterocycles. The van der Waals surface area contributed by atoms with Gasteiger partial charge in [0.25, 0.3) is 0 Å². The van der Waals surface area contributed by atoms with Crippen LogP contribution in [0.3, 0.4) is 0 Å². The number of rotatable bonds is 9. The third kappa shape index (κ3) is 28.4. The molecule has 0 bridgehead atoms. The Morgan fingerprint density at radius 3 is 0.893 bits per heavy atom. The highest BCUT2D eigenvalue weighted by Gasteiger charge is 2.20. The molecule has 0 fully saturated rings. The van der Waals surface area contributed by atoms with Crippen LogP contribution in [0.5, 0.6) is 0 Å². The van der Waals surface area contributed by atoms with E-state index >= 15 is 0 Å². The van der Waals surface area contributed by atoms with Crippen LogP contribution >= 0.6 is 0 Å². The Labute approximate surface area is 728 Å². The van der Waals surface area contributed by atoms with Crippen LogP contribution in [0.2, 0.25) is 0 Å². The fraction of sp³-hybridized carbons (Fsp3) is 0.268. The quantitative estimate of drug-likeness (QED) is 0.142. The minimum atomic E-state index is 0.624. The van der Waals surface area contributed by atoms with Gasteiger partial charge in [-0.2, -0.15) is 0 Å². The first-order chi connectivity index (χ1) is 59.8. The molecule has 0 N–H and O–H groups in total. The van der Waals surface area contributed by atoms with E-state index in [1.165, 1.54) is 72.8 Å². The average Bonchev–Trinajstić information content (AvgIpc) is 1.55. The molecular formula is C112H141N9. The number of hydrogen-bond donors (Lipinski definition) is 0. The second kappa shape index (κ2) is 60.1. The van der Waals surface area contributed by atoms with Crippen LogP contribution in [-0.4, -0.2) is 46.1 Å². The van der Waals surface area contributed by atoms with Gasteiger partial charge in [0.05, 0.1) is 57.8 Å². The van der Waals surface area contributed by atoms with Crippen LogP contribution < -0.4 is 4.90 Å². The highest BCUT2D eigenvalue weighted by Crippen LogP contribution is 2.37. The first kappa shape index (κ1) is 103. The van der Waals surface area contributed by atoms with Crippen molar-refractivity contribution in [3.05, 3.63) is 351 Å². The number of anilines is 2. The minimum Gasteiger partial charge on any atom is -0.334 e. The third-order valence-corrected chi connectivity index (χ3v) is 17.4. The van der Waals surface area contributed by atoms with E-state index in [1.54, 1.807) is 0 Å². The smallest absolute Gasteiger partial charge is 0.160 e. The maximum absolute atomic E-state index is 5.06. The lowest BCUT2D eigenvalue weighted by atomic mass is 10.1. The molecule has 9 nitrogen and oxygen atoms in total. The molecule has 0 aliphatic rings. The Kier molecular flexibility index (Phi) is 51.0. The topological polar surface area (TPSA) is 90.4 Å². The van der Waals surface area contributed by atoms with Crippen molar-refractivity contribution in [2.75, 3.05) is 11.9 Å². The van der Waals surface area contributed by atoms with E-state index in [-0.39, 0.29) is 0 Å². The van der Waals surface area contributed by atoms with Crippen molar-refractivity contribution in [2.45, 2.75) is 199 Å². The summed E-state index contributed by atoms with van der Waals surface area (Å²) >= 11 is 0. The van der Waals surface area contributed by atoms with Crippen molar-refractivity contribution < 1.29 is 0 Å². The van der Waals surface area contributed by atoms with Crippen molar-refractivity contribution in [3.63, 3.8) is 0 Å². The number of aryl methyl sites for hydroxylation is 1. The van der Waals surface area contributed by atoms with E-state index < -0.39 is 0 Å². The standard InChI is InChI=1S/2C27H19N3.C22H19N3.C10H8.2C3H8.10C2H6/c1-2-10-19(11-3-1)27-24(28-22-14-6-7-15-23(22)29-27)18-30-25-16-8-4-12-20(25)21-13-5-9-17-26(21)30;1-2-10-19(11-3-1)27-22-14-4-7-15-23(22)28-26(29-27)18-30-24-16-8-5-12-20(24)21-13-6-9-17-25(21)30;1-16-10-6-9-15-20(16)25(2)22-21(17-11-4-3-5-12-17)23-18-13-7-8-14-19(18)24-22;1-2-6-10-8-4-3-7-9(10)5-1;2*1-3-2;10*1-2/h2*1-17H,18H2;3-15H,1-2H3;1-8H;2*3H2,1-2H3;10*1-2H3. The highest BCUT2D eigenvalue weighted by atomic mass is 15.2. The summed E-state index contributed by atoms with van der Waals surface area (Å²) < 4.78 is 4.68. The molecule has 9 heteroatoms. The molecule has 5 aromatic heterocycles. The predicted octanol–water partition coefficient (Wildman–Crippen LogP) is 34.2. The molecule has 18 aromatic rings. The third-order valence-electron chi connectivity index (χ3n) is 17.4. The Morgan fingerprint density at radius 1 is 0.240 bits per heavy atom. The Balaban J connectivity index is 0.000000393. The molecule has 121 heavy (non-hydrogen) atoms. The second-order valence-electron chi connectivity index (χ2n) is 24.8. The summed E-state index contributed by atoms with van der Waals surface area (Å²) in [4.78, 5) is 32.0. The SMILES string of the molecule is CC.CC.CC.CC.CC.CC.CC.CC.CC.CC.CCC.CCC.Cc1ccccc1N(C)c1nc2ccccc2nc1-c1ccccc1.c1ccc(-c2nc(Cn3c4ccccc4c4ccccc43)nc3ccccc23)cc1.c1ccc(-c2nc3ccccc3nc2Cn2c3ccccc3c3ccccc32)cc1.c1ccc2ccccc2c1. The summed E-state index contributed by atoms with van der Waals surface area (Å²) in [5.74, 6) is 1.68. The average molecular weight is 1610 g/mol. The lowest BCUT2D eigenvalue weighted by Gasteiger charge is -2.23. The van der Waals surface area contributed by atoms with E-state index in [1.807, 2.05) is 237 Å². The molecule has 634 valence electrons. The molecule has 5 heterocycles. The van der Waals surface area contributed by atoms with Crippen molar-refractivity contribution in [3.8, 4) is 33.8 Å². The van der Waals surface area contributed by atoms with Gasteiger partial charge in [0.2, 0.25) is 0 Å². The Bertz CT molecular complexity index is 5600. The van der Waals surface area contributed by atoms with Crippen molar-refractivity contribution in [1.29, 1.82) is 0 Å². The van der Waals surface area contributed by atoms with Crippen LogP contribution in [0.1, 0.15) is 196 Å². The molecule has 13 aromatic carbocycles. The number of hydrogen-bond acceptors (Lipinski definition) is 7. The van der Waals surface area contributed by atoms with Gasteiger partial charge in [0.15, 0.2) is 5.82 Å². The predicted molar refractivity (Wildman–Crippen MR) is 541 cm³/mol. The van der Waals surface area contributed by atoms with Gasteiger partial charge in [0, 0.05) is 78.4 Å². The van der Waals surface area contributed by atoms with Gasteiger partial charge < -0.3 is 14.0 Å². The van der Waals surface area contributed by atoms with Crippen molar-refractivity contribution >= 4 is 98.9 Å². The number of aromatic nitrogens is 8. The van der Waals surface area contributed by atoms with Crippen LogP contribution in [0.15, 0.2) is 334 Å². The van der Waals surface area contributed by atoms with Gasteiger partial charge in [-0.3, -0.25) is 0 Å². The minimum absolute atomic E-state index is 0.624. The van der Waals surface area contributed by atoms with Gasteiger partial charge in [-0.1, -0.05) is 452 Å². The molecule has 0 amide bonds. The molecule has 0 spiro atoms. The summed E-state index contributed by atoms with van der Waals surface area (Å²) in [6.45, 7) is 51.9. The number of benzene rings is 13. The van der Waals surface area contributed by atoms with Crippen LogP contribution in [0.25, 0.3) is 121 Å². The van der Waals surface area contributed by atoms with E-state index in [2.05, 4.69) is 291 Å². The molecule has 0 atom stereocenters. The number of para-hydroxylation sites is 10. The van der Waals surface area contributed by atoms with E-state index in [0.29, 0.717) is 13.1 Å². The maximum Gasteiger partial charge on any atom is 0.160 e. The van der Waals surface area contributed by atoms with Gasteiger partial charge in [0.1, 0.15) is 11.5 Å². The van der Waals surface area contributed by atoms with Gasteiger partial charge in [-0.25, -0.2) is 29.9 Å². The summed E-state index contributed by atoms with van der Waals surface area (Å²) in [6.07, 6.45) is 2.50. The fourth-order valence-electron chi connectivity index (χ4n) is 12.8. The maximum atomic E-state index is 5.06. The summed E-state index contributed by atoms with van der Waals surface area (Å²) in [6, 6.07) is 115. The first-order valence-corrected chi connectivity index (χ1v) is 44.9. The summed E-state index contributed by atoms with van der Waals surface area (Å²) in [7, 11) is 2.05. The molecular weight excluding hydrogens is 1470 g/mol. The number of fused-ring (bicyclic) bond motifs is 10. The van der Waals surface area contributed by atoms with Crippen molar-refractivity contribution in [2.24, 2.45) is 0 Å². The summed E-state index contributed by atoms with van der Waals surface area (Å²) in [5, 5.41) is 8.75. The lowest BCUT2D eigenvalue weighted by Crippen LogP contribution is -2.14. The molecule has 0 aliphatic carbocycles. The second-order valence-corrected chi connectivity index (χ2v) is 24.8. The molecule has 18 rings (SSSR count). The monoisotopic (exact) mass is 1610 g/mol. The largest absolute Gasteiger partial charge is 0.334 e. The fourth-order valence-corrected chi connectivity index (χ4v) is 12.8. The van der Waals surface area contributed by atoms with E-state index in [4.69, 9.17) is 29.9 Å². The zero-order chi connectivity index (χ0) is 89.3. The van der Waals surface area contributed by atoms with Gasteiger partial charge in [-0.15, -0.1) is 0 Å². The highest BCUT2D eigenvalue weighted by molar-refractivity contribution is 6.09. The molecule has 0 saturated carbocycles. The van der Waals surface area contributed by atoms with Crippen LogP contribution in [-0.2, 0) is 13.1 Å². The van der Waals surface area contributed by atoms with Gasteiger partial charge >= 0.3 is 0 Å². The Morgan fingerprint density at radius 2 is 0.512 bits per heavy atom. The summed E-state index contributed by atoms with van der Waals surface area (Å²) in [5.41, 5.74) is 18.9. The molecule has 0 unspecified atom stereocenters. The van der Waals surface area contributed by atoms with Crippen molar-refractivity contribution in [1.82, 2.24) is 39.0 Å².